The molecule has 2 N–H and O–H groups in total. The van der Waals surface area contributed by atoms with Crippen LogP contribution in [0.1, 0.15) is 36.0 Å². The Bertz CT molecular complexity index is 969. The summed E-state index contributed by atoms with van der Waals surface area (Å²) in [6, 6.07) is 15.9. The average Bonchev–Trinajstić information content (AvgIpc) is 2.79. The monoisotopic (exact) mass is 436 g/mol. The quantitative estimate of drug-likeness (QED) is 0.694. The Morgan fingerprint density at radius 3 is 2.61 bits per heavy atom. The molecule has 2 amide bonds. The Morgan fingerprint density at radius 1 is 1.16 bits per heavy atom. The van der Waals surface area contributed by atoms with Crippen molar-refractivity contribution in [3.63, 3.8) is 0 Å². The molecule has 2 aliphatic rings. The van der Waals surface area contributed by atoms with E-state index in [1.807, 2.05) is 42.5 Å². The molecular weight excluding hydrogens is 408 g/mol. The van der Waals surface area contributed by atoms with Gasteiger partial charge in [0.2, 0.25) is 5.91 Å². The van der Waals surface area contributed by atoms with E-state index in [0.717, 1.165) is 34.6 Å². The minimum atomic E-state index is -0.0666. The summed E-state index contributed by atoms with van der Waals surface area (Å²) in [5.41, 5.74) is 3.27. The number of hydrogen-bond donors (Lipinski definition) is 2. The van der Waals surface area contributed by atoms with Gasteiger partial charge in [-0.25, -0.2) is 0 Å². The number of amides is 2. The van der Waals surface area contributed by atoms with Gasteiger partial charge in [0.05, 0.1) is 12.0 Å². The molecule has 0 bridgehead atoms. The second-order valence-corrected chi connectivity index (χ2v) is 9.51. The van der Waals surface area contributed by atoms with Gasteiger partial charge in [0.1, 0.15) is 5.75 Å². The molecule has 1 saturated heterocycles. The Hall–Kier alpha value is -2.73. The van der Waals surface area contributed by atoms with Crippen molar-refractivity contribution in [2.45, 2.75) is 44.0 Å². The molecule has 31 heavy (non-hydrogen) atoms. The molecule has 6 heteroatoms. The maximum atomic E-state index is 12.7. The first-order chi connectivity index (χ1) is 15.0. The van der Waals surface area contributed by atoms with Gasteiger partial charge in [0.15, 0.2) is 0 Å². The van der Waals surface area contributed by atoms with E-state index < -0.39 is 0 Å². The number of methoxy groups -OCH3 is 1. The molecule has 162 valence electrons. The van der Waals surface area contributed by atoms with Crippen LogP contribution in [-0.4, -0.2) is 30.2 Å². The van der Waals surface area contributed by atoms with Gasteiger partial charge in [-0.1, -0.05) is 42.0 Å². The van der Waals surface area contributed by atoms with Gasteiger partial charge in [-0.15, -0.1) is 11.8 Å². The van der Waals surface area contributed by atoms with Crippen LogP contribution in [0.15, 0.2) is 53.4 Å². The van der Waals surface area contributed by atoms with Gasteiger partial charge in [-0.05, 0) is 55.5 Å². The first-order valence-corrected chi connectivity index (χ1v) is 11.6. The van der Waals surface area contributed by atoms with E-state index in [2.05, 4.69) is 29.7 Å². The van der Waals surface area contributed by atoms with Crippen LogP contribution in [0.5, 0.6) is 5.75 Å². The minimum absolute atomic E-state index is 0.0360. The number of carbonyl (C=O) groups is 2. The first-order valence-electron chi connectivity index (χ1n) is 10.7. The third-order valence-corrected chi connectivity index (χ3v) is 7.40. The zero-order chi connectivity index (χ0) is 21.8. The lowest BCUT2D eigenvalue weighted by Crippen LogP contribution is -2.51. The molecule has 2 aromatic rings. The third kappa shape index (κ3) is 5.31. The molecule has 0 radical (unpaired) electrons. The third-order valence-electron chi connectivity index (χ3n) is 5.98. The van der Waals surface area contributed by atoms with Crippen LogP contribution in [0.25, 0.3) is 6.08 Å². The SMILES string of the molecule is COc1ccc(CNC(=O)C2CCC3S/C(=C/c4ccc(C)cc4)C(=O)NC3C2)cc1. The highest BCUT2D eigenvalue weighted by Gasteiger charge is 2.39. The first kappa shape index (κ1) is 21.5. The topological polar surface area (TPSA) is 67.4 Å². The zero-order valence-electron chi connectivity index (χ0n) is 17.9. The van der Waals surface area contributed by atoms with Crippen molar-refractivity contribution >= 4 is 29.7 Å². The summed E-state index contributed by atoms with van der Waals surface area (Å²) in [5, 5.41) is 6.52. The lowest BCUT2D eigenvalue weighted by molar-refractivity contribution is -0.127. The predicted octanol–water partition coefficient (Wildman–Crippen LogP) is 4.06. The normalized spacial score (nSPS) is 24.3. The van der Waals surface area contributed by atoms with Crippen LogP contribution in [0.3, 0.4) is 0 Å². The number of nitrogens with one attached hydrogen (secondary N) is 2. The van der Waals surface area contributed by atoms with E-state index in [1.54, 1.807) is 18.9 Å². The van der Waals surface area contributed by atoms with Crippen molar-refractivity contribution in [1.29, 1.82) is 0 Å². The van der Waals surface area contributed by atoms with Gasteiger partial charge >= 0.3 is 0 Å². The van der Waals surface area contributed by atoms with E-state index in [0.29, 0.717) is 18.2 Å². The number of benzene rings is 2. The van der Waals surface area contributed by atoms with Crippen LogP contribution in [0, 0.1) is 12.8 Å². The van der Waals surface area contributed by atoms with Crippen LogP contribution >= 0.6 is 11.8 Å². The van der Waals surface area contributed by atoms with Crippen molar-refractivity contribution in [2.24, 2.45) is 5.92 Å². The van der Waals surface area contributed by atoms with Crippen molar-refractivity contribution < 1.29 is 14.3 Å². The van der Waals surface area contributed by atoms with Gasteiger partial charge < -0.3 is 15.4 Å². The molecule has 2 fully saturated rings. The molecule has 2 aromatic carbocycles. The van der Waals surface area contributed by atoms with Crippen LogP contribution in [0.2, 0.25) is 0 Å². The fourth-order valence-corrected chi connectivity index (χ4v) is 5.41. The molecule has 5 nitrogen and oxygen atoms in total. The van der Waals surface area contributed by atoms with Crippen LogP contribution in [0.4, 0.5) is 0 Å². The summed E-state index contributed by atoms with van der Waals surface area (Å²) in [5.74, 6) is 0.762. The van der Waals surface area contributed by atoms with Crippen LogP contribution < -0.4 is 15.4 Å². The second-order valence-electron chi connectivity index (χ2n) is 8.23. The van der Waals surface area contributed by atoms with Crippen molar-refractivity contribution in [1.82, 2.24) is 10.6 Å². The number of carbonyl (C=O) groups excluding carboxylic acids is 2. The standard InChI is InChI=1S/C25H28N2O3S/c1-16-3-5-17(6-4-16)13-23-25(29)27-21-14-19(9-12-22(21)31-23)24(28)26-15-18-7-10-20(30-2)11-8-18/h3-8,10-11,13,19,21-22H,9,12,14-15H2,1-2H3,(H,26,28)(H,27,29)/b23-13+. The van der Waals surface area contributed by atoms with E-state index in [9.17, 15) is 9.59 Å². The molecule has 1 aliphatic heterocycles. The summed E-state index contributed by atoms with van der Waals surface area (Å²) in [6.07, 6.45) is 4.41. The summed E-state index contributed by atoms with van der Waals surface area (Å²) in [6.45, 7) is 2.55. The van der Waals surface area contributed by atoms with Crippen molar-refractivity contribution in [3.05, 3.63) is 70.1 Å². The number of aryl methyl sites for hydroxylation is 1. The fourth-order valence-electron chi connectivity index (χ4n) is 4.12. The Morgan fingerprint density at radius 2 is 1.90 bits per heavy atom. The zero-order valence-corrected chi connectivity index (χ0v) is 18.7. The van der Waals surface area contributed by atoms with E-state index >= 15 is 0 Å². The molecule has 3 atom stereocenters. The smallest absolute Gasteiger partial charge is 0.257 e. The number of fused-ring (bicyclic) bond motifs is 1. The molecule has 0 spiro atoms. The van der Waals surface area contributed by atoms with E-state index in [-0.39, 0.29) is 23.8 Å². The Kier molecular flexibility index (Phi) is 6.66. The lowest BCUT2D eigenvalue weighted by Gasteiger charge is -2.39. The number of ether oxygens (including phenoxy) is 1. The maximum absolute atomic E-state index is 12.7. The molecule has 1 saturated carbocycles. The fraction of sp³-hybridized carbons (Fsp3) is 0.360. The maximum Gasteiger partial charge on any atom is 0.257 e. The number of hydrogen-bond acceptors (Lipinski definition) is 4. The number of thioether (sulfide) groups is 1. The van der Waals surface area contributed by atoms with E-state index in [4.69, 9.17) is 4.74 Å². The molecular formula is C25H28N2O3S. The highest BCUT2D eigenvalue weighted by molar-refractivity contribution is 8.04. The molecule has 0 aromatic heterocycles. The largest absolute Gasteiger partial charge is 0.497 e. The van der Waals surface area contributed by atoms with Gasteiger partial charge in [0, 0.05) is 23.8 Å². The highest BCUT2D eigenvalue weighted by Crippen LogP contribution is 2.40. The van der Waals surface area contributed by atoms with E-state index in [1.165, 1.54) is 5.56 Å². The van der Waals surface area contributed by atoms with Crippen molar-refractivity contribution in [2.75, 3.05) is 7.11 Å². The van der Waals surface area contributed by atoms with Gasteiger partial charge in [0.25, 0.3) is 5.91 Å². The minimum Gasteiger partial charge on any atom is -0.497 e. The van der Waals surface area contributed by atoms with Gasteiger partial charge in [-0.3, -0.25) is 9.59 Å². The molecule has 4 rings (SSSR count). The second kappa shape index (κ2) is 9.60. The Balaban J connectivity index is 1.32. The summed E-state index contributed by atoms with van der Waals surface area (Å²) >= 11 is 1.66. The van der Waals surface area contributed by atoms with Crippen LogP contribution in [-0.2, 0) is 16.1 Å². The molecule has 3 unspecified atom stereocenters. The van der Waals surface area contributed by atoms with Gasteiger partial charge in [-0.2, -0.15) is 0 Å². The lowest BCUT2D eigenvalue weighted by atomic mass is 9.84. The number of rotatable bonds is 5. The molecule has 1 aliphatic carbocycles. The Labute approximate surface area is 187 Å². The molecule has 1 heterocycles. The average molecular weight is 437 g/mol. The summed E-state index contributed by atoms with van der Waals surface area (Å²) in [7, 11) is 1.64. The summed E-state index contributed by atoms with van der Waals surface area (Å²) in [4.78, 5) is 26.1. The predicted molar refractivity (Wildman–Crippen MR) is 125 cm³/mol. The van der Waals surface area contributed by atoms with Crippen molar-refractivity contribution in [3.8, 4) is 5.75 Å². The summed E-state index contributed by atoms with van der Waals surface area (Å²) < 4.78 is 5.17. The highest BCUT2D eigenvalue weighted by atomic mass is 32.2.